The lowest BCUT2D eigenvalue weighted by atomic mass is 9.76. The van der Waals surface area contributed by atoms with Gasteiger partial charge in [0.2, 0.25) is 0 Å². The van der Waals surface area contributed by atoms with Gasteiger partial charge in [-0.25, -0.2) is 0 Å². The zero-order valence-electron chi connectivity index (χ0n) is 15.2. The van der Waals surface area contributed by atoms with Gasteiger partial charge in [-0.1, -0.05) is 29.8 Å². The van der Waals surface area contributed by atoms with Crippen molar-refractivity contribution >= 4 is 5.69 Å². The maximum Gasteiger partial charge on any atom is 0.139 e. The normalized spacial score (nSPS) is 22.7. The number of benzene rings is 1. The van der Waals surface area contributed by atoms with Crippen molar-refractivity contribution in [1.29, 1.82) is 0 Å². The molecule has 5 nitrogen and oxygen atoms in total. The van der Waals surface area contributed by atoms with Crippen LogP contribution < -0.4 is 5.32 Å². The van der Waals surface area contributed by atoms with E-state index in [-0.39, 0.29) is 12.5 Å². The van der Waals surface area contributed by atoms with Gasteiger partial charge in [0.25, 0.3) is 0 Å². The van der Waals surface area contributed by atoms with Gasteiger partial charge in [0.1, 0.15) is 5.76 Å². The van der Waals surface area contributed by atoms with Crippen molar-refractivity contribution in [1.82, 2.24) is 10.1 Å². The molecule has 2 atom stereocenters. The van der Waals surface area contributed by atoms with Crippen LogP contribution >= 0.6 is 0 Å². The van der Waals surface area contributed by atoms with Gasteiger partial charge in [0.15, 0.2) is 0 Å². The number of rotatable bonds is 5. The number of aryl methyl sites for hydroxylation is 3. The first-order valence-electron chi connectivity index (χ1n) is 8.53. The first kappa shape index (κ1) is 17.0. The highest BCUT2D eigenvalue weighted by Gasteiger charge is 2.50. The van der Waals surface area contributed by atoms with Crippen LogP contribution in [0.25, 0.3) is 0 Å². The largest absolute Gasteiger partial charge is 0.396 e. The predicted octanol–water partition coefficient (Wildman–Crippen LogP) is 2.81. The smallest absolute Gasteiger partial charge is 0.139 e. The summed E-state index contributed by atoms with van der Waals surface area (Å²) in [5.41, 5.74) is 5.07. The Labute approximate surface area is 143 Å². The molecule has 2 N–H and O–H groups in total. The Hall–Kier alpha value is -1.85. The van der Waals surface area contributed by atoms with Gasteiger partial charge in [-0.2, -0.15) is 0 Å². The lowest BCUT2D eigenvalue weighted by Crippen LogP contribution is -2.47. The monoisotopic (exact) mass is 329 g/mol. The van der Waals surface area contributed by atoms with E-state index < -0.39 is 5.54 Å². The SMILES string of the molecule is CCc1noc(C)c1C1(CN(C)C)Nc2ccc(C)cc2C1CO. The van der Waals surface area contributed by atoms with Gasteiger partial charge < -0.3 is 19.8 Å². The summed E-state index contributed by atoms with van der Waals surface area (Å²) in [4.78, 5) is 2.15. The van der Waals surface area contributed by atoms with Crippen LogP contribution in [0.2, 0.25) is 0 Å². The van der Waals surface area contributed by atoms with Gasteiger partial charge in [-0.05, 0) is 46.0 Å². The molecule has 1 aromatic heterocycles. The number of hydrogen-bond donors (Lipinski definition) is 2. The zero-order chi connectivity index (χ0) is 17.5. The van der Waals surface area contributed by atoms with Gasteiger partial charge in [-0.15, -0.1) is 0 Å². The molecule has 2 aromatic rings. The van der Waals surface area contributed by atoms with E-state index in [0.717, 1.165) is 35.7 Å². The summed E-state index contributed by atoms with van der Waals surface area (Å²) in [5, 5.41) is 18.3. The molecular formula is C19H27N3O2. The second-order valence-electron chi connectivity index (χ2n) is 7.07. The molecule has 0 saturated carbocycles. The molecule has 1 aromatic carbocycles. The molecule has 1 aliphatic heterocycles. The van der Waals surface area contributed by atoms with E-state index in [1.54, 1.807) is 0 Å². The Morgan fingerprint density at radius 3 is 2.71 bits per heavy atom. The lowest BCUT2D eigenvalue weighted by Gasteiger charge is -2.38. The fraction of sp³-hybridized carbons (Fsp3) is 0.526. The van der Waals surface area contributed by atoms with Crippen LogP contribution in [0.4, 0.5) is 5.69 Å². The molecule has 24 heavy (non-hydrogen) atoms. The molecule has 1 aliphatic rings. The van der Waals surface area contributed by atoms with E-state index in [9.17, 15) is 5.11 Å². The predicted molar refractivity (Wildman–Crippen MR) is 95.5 cm³/mol. The zero-order valence-corrected chi connectivity index (χ0v) is 15.2. The van der Waals surface area contributed by atoms with Crippen LogP contribution in [0, 0.1) is 13.8 Å². The van der Waals surface area contributed by atoms with Crippen molar-refractivity contribution in [3.05, 3.63) is 46.3 Å². The third-order valence-corrected chi connectivity index (χ3v) is 5.00. The topological polar surface area (TPSA) is 61.5 Å². The fourth-order valence-corrected chi connectivity index (χ4v) is 4.13. The Balaban J connectivity index is 2.22. The fourth-order valence-electron chi connectivity index (χ4n) is 4.13. The Kier molecular flexibility index (Phi) is 4.40. The molecule has 5 heteroatoms. The van der Waals surface area contributed by atoms with Crippen molar-refractivity contribution in [3.8, 4) is 0 Å². The summed E-state index contributed by atoms with van der Waals surface area (Å²) in [6, 6.07) is 6.39. The summed E-state index contributed by atoms with van der Waals surface area (Å²) in [5.74, 6) is 0.780. The maximum atomic E-state index is 10.3. The van der Waals surface area contributed by atoms with Crippen LogP contribution in [0.3, 0.4) is 0 Å². The van der Waals surface area contributed by atoms with Crippen LogP contribution in [-0.2, 0) is 12.0 Å². The lowest BCUT2D eigenvalue weighted by molar-refractivity contribution is 0.192. The molecule has 0 saturated heterocycles. The Morgan fingerprint density at radius 1 is 1.33 bits per heavy atom. The van der Waals surface area contributed by atoms with Crippen molar-refractivity contribution in [2.24, 2.45) is 0 Å². The molecule has 3 rings (SSSR count). The molecule has 0 fully saturated rings. The number of aromatic nitrogens is 1. The number of likely N-dealkylation sites (N-methyl/N-ethyl adjacent to an activating group) is 1. The van der Waals surface area contributed by atoms with Gasteiger partial charge in [0, 0.05) is 23.7 Å². The number of anilines is 1. The second-order valence-corrected chi connectivity index (χ2v) is 7.07. The van der Waals surface area contributed by atoms with E-state index in [4.69, 9.17) is 4.52 Å². The number of aliphatic hydroxyl groups is 1. The number of fused-ring (bicyclic) bond motifs is 1. The molecule has 2 heterocycles. The number of aliphatic hydroxyl groups excluding tert-OH is 1. The molecule has 0 amide bonds. The summed E-state index contributed by atoms with van der Waals surface area (Å²) < 4.78 is 5.53. The third-order valence-electron chi connectivity index (χ3n) is 5.00. The van der Waals surface area contributed by atoms with Crippen molar-refractivity contribution < 1.29 is 9.63 Å². The van der Waals surface area contributed by atoms with Crippen molar-refractivity contribution in [2.45, 2.75) is 38.6 Å². The number of nitrogens with zero attached hydrogens (tertiary/aromatic N) is 2. The molecule has 2 unspecified atom stereocenters. The Bertz CT molecular complexity index is 738. The van der Waals surface area contributed by atoms with E-state index in [1.165, 1.54) is 11.1 Å². The molecule has 0 aliphatic carbocycles. The average molecular weight is 329 g/mol. The van der Waals surface area contributed by atoms with Crippen LogP contribution in [0.5, 0.6) is 0 Å². The van der Waals surface area contributed by atoms with Gasteiger partial charge in [0.05, 0.1) is 17.8 Å². The van der Waals surface area contributed by atoms with Crippen molar-refractivity contribution in [3.63, 3.8) is 0 Å². The quantitative estimate of drug-likeness (QED) is 0.883. The highest BCUT2D eigenvalue weighted by Crippen LogP contribution is 2.50. The standard InChI is InChI=1S/C19H27N3O2/c1-6-16-18(13(3)24-21-16)19(11-22(4)5)15(10-23)14-9-12(2)7-8-17(14)20-19/h7-9,15,20,23H,6,10-11H2,1-5H3. The molecule has 130 valence electrons. The highest BCUT2D eigenvalue weighted by molar-refractivity contribution is 5.65. The van der Waals surface area contributed by atoms with E-state index in [1.807, 2.05) is 6.92 Å². The second kappa shape index (κ2) is 6.22. The molecule has 0 bridgehead atoms. The molecule has 0 radical (unpaired) electrons. The minimum absolute atomic E-state index is 0.0433. The van der Waals surface area contributed by atoms with E-state index in [2.05, 4.69) is 61.5 Å². The average Bonchev–Trinajstić information content (AvgIpc) is 3.04. The summed E-state index contributed by atoms with van der Waals surface area (Å²) in [7, 11) is 4.11. The first-order chi connectivity index (χ1) is 11.4. The minimum atomic E-state index is -0.441. The summed E-state index contributed by atoms with van der Waals surface area (Å²) >= 11 is 0. The maximum absolute atomic E-state index is 10.3. The van der Waals surface area contributed by atoms with Crippen molar-refractivity contribution in [2.75, 3.05) is 32.6 Å². The Morgan fingerprint density at radius 2 is 2.08 bits per heavy atom. The van der Waals surface area contributed by atoms with Crippen LogP contribution in [0.15, 0.2) is 22.7 Å². The van der Waals surface area contributed by atoms with Gasteiger partial charge in [-0.3, -0.25) is 0 Å². The molecule has 0 spiro atoms. The molecular weight excluding hydrogens is 302 g/mol. The number of hydrogen-bond acceptors (Lipinski definition) is 5. The number of nitrogens with one attached hydrogen (secondary N) is 1. The van der Waals surface area contributed by atoms with Gasteiger partial charge >= 0.3 is 0 Å². The first-order valence-corrected chi connectivity index (χ1v) is 8.53. The summed E-state index contributed by atoms with van der Waals surface area (Å²) in [6.45, 7) is 6.96. The third kappa shape index (κ3) is 2.52. The van der Waals surface area contributed by atoms with E-state index >= 15 is 0 Å². The highest BCUT2D eigenvalue weighted by atomic mass is 16.5. The van der Waals surface area contributed by atoms with E-state index in [0.29, 0.717) is 0 Å². The van der Waals surface area contributed by atoms with Crippen LogP contribution in [0.1, 0.15) is 41.0 Å². The summed E-state index contributed by atoms with van der Waals surface area (Å²) in [6.07, 6.45) is 0.803. The minimum Gasteiger partial charge on any atom is -0.396 e. The van der Waals surface area contributed by atoms with Crippen LogP contribution in [-0.4, -0.2) is 42.4 Å².